The van der Waals surface area contributed by atoms with Gasteiger partial charge in [-0.25, -0.2) is 0 Å². The molecule has 29 heavy (non-hydrogen) atoms. The highest BCUT2D eigenvalue weighted by molar-refractivity contribution is 14.0. The molecule has 0 aliphatic carbocycles. The van der Waals surface area contributed by atoms with E-state index >= 15 is 0 Å². The molecule has 0 fully saturated rings. The number of para-hydroxylation sites is 1. The summed E-state index contributed by atoms with van der Waals surface area (Å²) in [4.78, 5) is 18.5. The zero-order chi connectivity index (χ0) is 20.2. The Hall–Kier alpha value is -2.13. The summed E-state index contributed by atoms with van der Waals surface area (Å²) >= 11 is 0. The van der Waals surface area contributed by atoms with Crippen molar-refractivity contribution in [3.05, 3.63) is 66.2 Å². The van der Waals surface area contributed by atoms with Gasteiger partial charge in [0.2, 0.25) is 5.91 Å². The lowest BCUT2D eigenvalue weighted by Gasteiger charge is -2.25. The maximum Gasteiger partial charge on any atom is 0.243 e. The van der Waals surface area contributed by atoms with Gasteiger partial charge >= 0.3 is 0 Å². The van der Waals surface area contributed by atoms with E-state index < -0.39 is 0 Å². The van der Waals surface area contributed by atoms with Gasteiger partial charge in [-0.3, -0.25) is 14.7 Å². The fraction of sp³-hybridized carbons (Fsp3) is 0.364. The van der Waals surface area contributed by atoms with E-state index in [9.17, 15) is 4.79 Å². The van der Waals surface area contributed by atoms with E-state index in [0.29, 0.717) is 12.0 Å². The molecule has 0 spiro atoms. The molecule has 0 saturated carbocycles. The van der Waals surface area contributed by atoms with Crippen molar-refractivity contribution in [3.63, 3.8) is 0 Å². The van der Waals surface area contributed by atoms with Crippen LogP contribution in [0.2, 0.25) is 0 Å². The summed E-state index contributed by atoms with van der Waals surface area (Å²) in [5.74, 6) is 0.520. The molecule has 0 aliphatic heterocycles. The van der Waals surface area contributed by atoms with Crippen LogP contribution in [-0.4, -0.2) is 50.0 Å². The minimum Gasteiger partial charge on any atom is -0.356 e. The van der Waals surface area contributed by atoms with Crippen molar-refractivity contribution < 1.29 is 4.79 Å². The van der Waals surface area contributed by atoms with Crippen LogP contribution in [0.5, 0.6) is 0 Å². The van der Waals surface area contributed by atoms with E-state index in [-0.39, 0.29) is 36.4 Å². The van der Waals surface area contributed by atoms with E-state index in [1.165, 1.54) is 5.56 Å². The molecule has 1 unspecified atom stereocenters. The summed E-state index contributed by atoms with van der Waals surface area (Å²) in [7, 11) is 3.84. The number of benzene rings is 2. The molecule has 3 N–H and O–H groups in total. The Morgan fingerprint density at radius 1 is 1.03 bits per heavy atom. The van der Waals surface area contributed by atoms with Gasteiger partial charge in [0, 0.05) is 31.9 Å². The third kappa shape index (κ3) is 9.76. The number of nitrogens with zero attached hydrogens (tertiary/aromatic N) is 2. The van der Waals surface area contributed by atoms with Crippen LogP contribution in [0, 0.1) is 0 Å². The first-order valence-electron chi connectivity index (χ1n) is 9.62. The number of carbonyl (C=O) groups is 1. The first-order valence-corrected chi connectivity index (χ1v) is 9.62. The van der Waals surface area contributed by atoms with Crippen LogP contribution >= 0.6 is 24.0 Å². The number of guanidine groups is 1. The standard InChI is InChI=1S/C22H31N5O.HI/c1-18(27(3)17-19-10-6-4-7-11-19)14-15-24-22(23-2)25-16-21(28)26-20-12-8-5-9-13-20;/h4-13,18H,14-17H2,1-3H3,(H,26,28)(H2,23,24,25);1H. The quantitative estimate of drug-likeness (QED) is 0.276. The van der Waals surface area contributed by atoms with Crippen molar-refractivity contribution in [2.45, 2.75) is 25.9 Å². The smallest absolute Gasteiger partial charge is 0.243 e. The number of anilines is 1. The van der Waals surface area contributed by atoms with E-state index in [4.69, 9.17) is 0 Å². The Bertz CT molecular complexity index is 739. The zero-order valence-corrected chi connectivity index (χ0v) is 19.7. The molecular weight excluding hydrogens is 477 g/mol. The number of aliphatic imine (C=N–C) groups is 1. The van der Waals surface area contributed by atoms with Gasteiger partial charge in [0.25, 0.3) is 0 Å². The van der Waals surface area contributed by atoms with Crippen molar-refractivity contribution in [1.82, 2.24) is 15.5 Å². The zero-order valence-electron chi connectivity index (χ0n) is 17.4. The number of amides is 1. The molecule has 2 aromatic rings. The summed E-state index contributed by atoms with van der Waals surface area (Å²) in [5, 5.41) is 9.16. The molecule has 0 aromatic heterocycles. The lowest BCUT2D eigenvalue weighted by Crippen LogP contribution is -2.43. The van der Waals surface area contributed by atoms with Gasteiger partial charge in [-0.1, -0.05) is 48.5 Å². The minimum absolute atomic E-state index is 0. The lowest BCUT2D eigenvalue weighted by atomic mass is 10.1. The largest absolute Gasteiger partial charge is 0.356 e. The Kier molecular flexibility index (Phi) is 12.0. The van der Waals surface area contributed by atoms with Crippen LogP contribution in [0.25, 0.3) is 0 Å². The number of carbonyl (C=O) groups excluding carboxylic acids is 1. The molecular formula is C22H32IN5O. The van der Waals surface area contributed by atoms with Crippen molar-refractivity contribution in [2.75, 3.05) is 32.5 Å². The highest BCUT2D eigenvalue weighted by Crippen LogP contribution is 2.08. The number of nitrogens with one attached hydrogen (secondary N) is 3. The molecule has 0 heterocycles. The Morgan fingerprint density at radius 3 is 2.28 bits per heavy atom. The van der Waals surface area contributed by atoms with Crippen molar-refractivity contribution >= 4 is 41.5 Å². The molecule has 0 aliphatic rings. The molecule has 2 rings (SSSR count). The van der Waals surface area contributed by atoms with Crippen LogP contribution < -0.4 is 16.0 Å². The van der Waals surface area contributed by atoms with Gasteiger partial charge in [0.05, 0.1) is 6.54 Å². The normalized spacial score (nSPS) is 12.1. The maximum absolute atomic E-state index is 12.0. The predicted molar refractivity (Wildman–Crippen MR) is 132 cm³/mol. The third-order valence-corrected chi connectivity index (χ3v) is 4.58. The van der Waals surface area contributed by atoms with Crippen LogP contribution in [0.3, 0.4) is 0 Å². The predicted octanol–water partition coefficient (Wildman–Crippen LogP) is 3.32. The van der Waals surface area contributed by atoms with E-state index in [1.807, 2.05) is 36.4 Å². The summed E-state index contributed by atoms with van der Waals surface area (Å²) in [5.41, 5.74) is 2.10. The molecule has 0 bridgehead atoms. The van der Waals surface area contributed by atoms with E-state index in [0.717, 1.165) is 25.2 Å². The molecule has 6 nitrogen and oxygen atoms in total. The second-order valence-electron chi connectivity index (χ2n) is 6.81. The lowest BCUT2D eigenvalue weighted by molar-refractivity contribution is -0.115. The van der Waals surface area contributed by atoms with Crippen LogP contribution in [0.15, 0.2) is 65.7 Å². The summed E-state index contributed by atoms with van der Waals surface area (Å²) < 4.78 is 0. The van der Waals surface area contributed by atoms with Crippen LogP contribution in [0.1, 0.15) is 18.9 Å². The van der Waals surface area contributed by atoms with Crippen molar-refractivity contribution in [2.24, 2.45) is 4.99 Å². The molecule has 7 heteroatoms. The van der Waals surface area contributed by atoms with Gasteiger partial charge in [0.15, 0.2) is 5.96 Å². The molecule has 0 radical (unpaired) electrons. The van der Waals surface area contributed by atoms with Gasteiger partial charge in [0.1, 0.15) is 0 Å². The first kappa shape index (κ1) is 24.9. The second-order valence-corrected chi connectivity index (χ2v) is 6.81. The van der Waals surface area contributed by atoms with Gasteiger partial charge in [-0.05, 0) is 38.1 Å². The molecule has 158 valence electrons. The van der Waals surface area contributed by atoms with Crippen LogP contribution in [0.4, 0.5) is 5.69 Å². The first-order chi connectivity index (χ1) is 13.6. The molecule has 2 aromatic carbocycles. The SMILES string of the molecule is CN=C(NCCC(C)N(C)Cc1ccccc1)NCC(=O)Nc1ccccc1.I. The maximum atomic E-state index is 12.0. The van der Waals surface area contributed by atoms with Gasteiger partial charge in [-0.2, -0.15) is 0 Å². The number of rotatable bonds is 9. The Balaban J connectivity index is 0.00000420. The molecule has 1 amide bonds. The van der Waals surface area contributed by atoms with Gasteiger partial charge < -0.3 is 16.0 Å². The average Bonchev–Trinajstić information content (AvgIpc) is 2.71. The highest BCUT2D eigenvalue weighted by atomic mass is 127. The highest BCUT2D eigenvalue weighted by Gasteiger charge is 2.10. The molecule has 1 atom stereocenters. The Morgan fingerprint density at radius 2 is 1.66 bits per heavy atom. The summed E-state index contributed by atoms with van der Waals surface area (Å²) in [6.45, 7) is 4.08. The monoisotopic (exact) mass is 509 g/mol. The van der Waals surface area contributed by atoms with E-state index in [2.05, 4.69) is 64.1 Å². The number of halogens is 1. The van der Waals surface area contributed by atoms with Crippen LogP contribution in [-0.2, 0) is 11.3 Å². The minimum atomic E-state index is -0.106. The number of hydrogen-bond acceptors (Lipinski definition) is 3. The topological polar surface area (TPSA) is 68.8 Å². The fourth-order valence-electron chi connectivity index (χ4n) is 2.76. The van der Waals surface area contributed by atoms with Gasteiger partial charge in [-0.15, -0.1) is 24.0 Å². The van der Waals surface area contributed by atoms with Crippen molar-refractivity contribution in [3.8, 4) is 0 Å². The van der Waals surface area contributed by atoms with E-state index in [1.54, 1.807) is 7.05 Å². The summed E-state index contributed by atoms with van der Waals surface area (Å²) in [6.07, 6.45) is 0.972. The fourth-order valence-corrected chi connectivity index (χ4v) is 2.76. The molecule has 0 saturated heterocycles. The summed E-state index contributed by atoms with van der Waals surface area (Å²) in [6, 6.07) is 20.3. The van der Waals surface area contributed by atoms with Crippen molar-refractivity contribution in [1.29, 1.82) is 0 Å². The number of hydrogen-bond donors (Lipinski definition) is 3. The second kappa shape index (κ2) is 13.9. The Labute approximate surface area is 191 Å². The average molecular weight is 509 g/mol. The third-order valence-electron chi connectivity index (χ3n) is 4.58.